The zero-order valence-corrected chi connectivity index (χ0v) is 12.1. The highest BCUT2D eigenvalue weighted by molar-refractivity contribution is 5.13. The van der Waals surface area contributed by atoms with E-state index in [9.17, 15) is 5.11 Å². The summed E-state index contributed by atoms with van der Waals surface area (Å²) in [6.45, 7) is 11.2. The molecule has 0 aliphatic rings. The Bertz CT molecular complexity index is 349. The summed E-state index contributed by atoms with van der Waals surface area (Å²) in [5.41, 5.74) is 1.09. The molecule has 0 aromatic carbocycles. The van der Waals surface area contributed by atoms with Crippen LogP contribution in [0.4, 0.5) is 0 Å². The molecule has 2 atom stereocenters. The van der Waals surface area contributed by atoms with E-state index in [1.54, 1.807) is 0 Å². The maximum atomic E-state index is 10.2. The van der Waals surface area contributed by atoms with Crippen molar-refractivity contribution in [2.24, 2.45) is 11.3 Å². The predicted octanol–water partition coefficient (Wildman–Crippen LogP) is 2.78. The Balaban J connectivity index is 2.55. The summed E-state index contributed by atoms with van der Waals surface area (Å²) in [4.78, 5) is 4.02. The van der Waals surface area contributed by atoms with Crippen molar-refractivity contribution in [3.63, 3.8) is 0 Å². The van der Waals surface area contributed by atoms with Crippen molar-refractivity contribution < 1.29 is 5.11 Å². The largest absolute Gasteiger partial charge is 0.392 e. The van der Waals surface area contributed by atoms with Gasteiger partial charge in [0.05, 0.1) is 6.10 Å². The smallest absolute Gasteiger partial charge is 0.0626 e. The van der Waals surface area contributed by atoms with E-state index in [1.165, 1.54) is 5.56 Å². The summed E-state index contributed by atoms with van der Waals surface area (Å²) in [6, 6.07) is 4.30. The molecule has 0 amide bonds. The van der Waals surface area contributed by atoms with Gasteiger partial charge in [0, 0.05) is 30.4 Å². The second kappa shape index (κ2) is 6.30. The first-order valence-corrected chi connectivity index (χ1v) is 6.66. The van der Waals surface area contributed by atoms with Gasteiger partial charge in [-0.1, -0.05) is 27.7 Å². The summed E-state index contributed by atoms with van der Waals surface area (Å²) < 4.78 is 0. The van der Waals surface area contributed by atoms with E-state index in [4.69, 9.17) is 0 Å². The van der Waals surface area contributed by atoms with E-state index >= 15 is 0 Å². The molecule has 3 heteroatoms. The molecular formula is C15H26N2O. The van der Waals surface area contributed by atoms with E-state index in [1.807, 2.05) is 24.5 Å². The van der Waals surface area contributed by atoms with Gasteiger partial charge in [-0.15, -0.1) is 0 Å². The van der Waals surface area contributed by atoms with Crippen LogP contribution in [0.1, 0.15) is 46.2 Å². The van der Waals surface area contributed by atoms with Crippen molar-refractivity contribution >= 4 is 0 Å². The standard InChI is InChI=1S/C15H26N2O/c1-11(2)14(18)15(4,5)10-17-12(3)13-6-8-16-9-7-13/h6-9,11-12,14,17-18H,10H2,1-5H3. The Morgan fingerprint density at radius 1 is 1.22 bits per heavy atom. The van der Waals surface area contributed by atoms with Gasteiger partial charge in [0.15, 0.2) is 0 Å². The Labute approximate surface area is 111 Å². The number of nitrogens with zero attached hydrogens (tertiary/aromatic N) is 1. The molecule has 0 saturated heterocycles. The van der Waals surface area contributed by atoms with Crippen LogP contribution in [-0.2, 0) is 0 Å². The molecule has 0 saturated carbocycles. The third-order valence-corrected chi connectivity index (χ3v) is 3.50. The van der Waals surface area contributed by atoms with E-state index < -0.39 is 0 Å². The highest BCUT2D eigenvalue weighted by Crippen LogP contribution is 2.26. The van der Waals surface area contributed by atoms with Crippen LogP contribution in [0, 0.1) is 11.3 Å². The summed E-state index contributed by atoms with van der Waals surface area (Å²) in [6.07, 6.45) is 3.32. The normalized spacial score (nSPS) is 15.7. The van der Waals surface area contributed by atoms with Gasteiger partial charge in [0.25, 0.3) is 0 Å². The second-order valence-corrected chi connectivity index (χ2v) is 6.06. The Kier molecular flexibility index (Phi) is 5.29. The van der Waals surface area contributed by atoms with E-state index in [0.717, 1.165) is 6.54 Å². The summed E-state index contributed by atoms with van der Waals surface area (Å²) in [7, 11) is 0. The van der Waals surface area contributed by atoms with Crippen LogP contribution in [0.5, 0.6) is 0 Å². The molecule has 0 aliphatic carbocycles. The molecule has 0 spiro atoms. The Morgan fingerprint density at radius 2 is 1.78 bits per heavy atom. The van der Waals surface area contributed by atoms with Gasteiger partial charge in [-0.3, -0.25) is 4.98 Å². The van der Waals surface area contributed by atoms with Crippen LogP contribution >= 0.6 is 0 Å². The highest BCUT2D eigenvalue weighted by atomic mass is 16.3. The van der Waals surface area contributed by atoms with Gasteiger partial charge < -0.3 is 10.4 Å². The number of hydrogen-bond donors (Lipinski definition) is 2. The minimum atomic E-state index is -0.297. The van der Waals surface area contributed by atoms with Gasteiger partial charge in [-0.2, -0.15) is 0 Å². The summed E-state index contributed by atoms with van der Waals surface area (Å²) in [5, 5.41) is 13.7. The van der Waals surface area contributed by atoms with Gasteiger partial charge >= 0.3 is 0 Å². The average Bonchev–Trinajstić information content (AvgIpc) is 2.36. The average molecular weight is 250 g/mol. The monoisotopic (exact) mass is 250 g/mol. The molecule has 0 aliphatic heterocycles. The predicted molar refractivity (Wildman–Crippen MR) is 75.3 cm³/mol. The quantitative estimate of drug-likeness (QED) is 0.816. The van der Waals surface area contributed by atoms with Crippen molar-refractivity contribution in [1.82, 2.24) is 10.3 Å². The van der Waals surface area contributed by atoms with Crippen molar-refractivity contribution in [3.05, 3.63) is 30.1 Å². The first-order valence-electron chi connectivity index (χ1n) is 6.66. The lowest BCUT2D eigenvalue weighted by Gasteiger charge is -2.34. The molecule has 0 radical (unpaired) electrons. The molecule has 2 unspecified atom stereocenters. The number of aliphatic hydroxyl groups is 1. The number of rotatable bonds is 6. The molecule has 18 heavy (non-hydrogen) atoms. The van der Waals surface area contributed by atoms with Crippen LogP contribution in [0.15, 0.2) is 24.5 Å². The van der Waals surface area contributed by atoms with Crippen LogP contribution in [0.2, 0.25) is 0 Å². The number of pyridine rings is 1. The minimum Gasteiger partial charge on any atom is -0.392 e. The highest BCUT2D eigenvalue weighted by Gasteiger charge is 2.30. The van der Waals surface area contributed by atoms with Crippen molar-refractivity contribution in [2.45, 2.75) is 46.8 Å². The lowest BCUT2D eigenvalue weighted by molar-refractivity contribution is 0.0124. The van der Waals surface area contributed by atoms with Crippen LogP contribution in [-0.4, -0.2) is 22.7 Å². The lowest BCUT2D eigenvalue weighted by atomic mass is 9.80. The van der Waals surface area contributed by atoms with Crippen molar-refractivity contribution in [2.75, 3.05) is 6.54 Å². The molecule has 1 aromatic heterocycles. The summed E-state index contributed by atoms with van der Waals surface area (Å²) in [5.74, 6) is 0.276. The van der Waals surface area contributed by atoms with Crippen LogP contribution in [0.3, 0.4) is 0 Å². The van der Waals surface area contributed by atoms with E-state index in [2.05, 4.69) is 44.9 Å². The van der Waals surface area contributed by atoms with Gasteiger partial charge in [-0.05, 0) is 30.5 Å². The topological polar surface area (TPSA) is 45.1 Å². The van der Waals surface area contributed by atoms with Crippen LogP contribution in [0.25, 0.3) is 0 Å². The SMILES string of the molecule is CC(NCC(C)(C)C(O)C(C)C)c1ccncc1. The molecule has 102 valence electrons. The Hall–Kier alpha value is -0.930. The van der Waals surface area contributed by atoms with Gasteiger partial charge in [0.1, 0.15) is 0 Å². The second-order valence-electron chi connectivity index (χ2n) is 6.06. The first kappa shape index (κ1) is 15.1. The maximum Gasteiger partial charge on any atom is 0.0626 e. The molecule has 1 rings (SSSR count). The third-order valence-electron chi connectivity index (χ3n) is 3.50. The molecule has 2 N–H and O–H groups in total. The number of aliphatic hydroxyl groups excluding tert-OH is 1. The molecule has 3 nitrogen and oxygen atoms in total. The van der Waals surface area contributed by atoms with E-state index in [0.29, 0.717) is 0 Å². The molecule has 1 aromatic rings. The van der Waals surface area contributed by atoms with Crippen molar-refractivity contribution in [3.8, 4) is 0 Å². The first-order chi connectivity index (χ1) is 8.34. The summed E-state index contributed by atoms with van der Waals surface area (Å²) >= 11 is 0. The molecule has 0 bridgehead atoms. The molecule has 1 heterocycles. The van der Waals surface area contributed by atoms with Crippen LogP contribution < -0.4 is 5.32 Å². The fraction of sp³-hybridized carbons (Fsp3) is 0.667. The molecule has 0 fully saturated rings. The zero-order valence-electron chi connectivity index (χ0n) is 12.1. The van der Waals surface area contributed by atoms with Crippen molar-refractivity contribution in [1.29, 1.82) is 0 Å². The zero-order chi connectivity index (χ0) is 13.8. The van der Waals surface area contributed by atoms with E-state index in [-0.39, 0.29) is 23.5 Å². The minimum absolute atomic E-state index is 0.130. The Morgan fingerprint density at radius 3 is 2.28 bits per heavy atom. The number of hydrogen-bond acceptors (Lipinski definition) is 3. The lowest BCUT2D eigenvalue weighted by Crippen LogP contribution is -2.42. The van der Waals surface area contributed by atoms with Gasteiger partial charge in [-0.25, -0.2) is 0 Å². The van der Waals surface area contributed by atoms with Gasteiger partial charge in [0.2, 0.25) is 0 Å². The molecular weight excluding hydrogens is 224 g/mol. The maximum absolute atomic E-state index is 10.2. The third kappa shape index (κ3) is 4.07. The number of nitrogens with one attached hydrogen (secondary N) is 1. The number of aromatic nitrogens is 1. The fourth-order valence-corrected chi connectivity index (χ4v) is 2.19. The fourth-order valence-electron chi connectivity index (χ4n) is 2.19.